The molecule has 0 atom stereocenters. The van der Waals surface area contributed by atoms with Gasteiger partial charge in [-0.15, -0.1) is 0 Å². The van der Waals surface area contributed by atoms with E-state index in [1.165, 1.54) is 14.2 Å². The molecule has 3 rings (SSSR count). The van der Waals surface area contributed by atoms with E-state index in [1.807, 2.05) is 61.5 Å². The van der Waals surface area contributed by atoms with Crippen LogP contribution < -0.4 is 19.1 Å². The highest BCUT2D eigenvalue weighted by atomic mass is 16.5. The van der Waals surface area contributed by atoms with Gasteiger partial charge in [-0.2, -0.15) is 0 Å². The zero-order valence-electron chi connectivity index (χ0n) is 17.1. The van der Waals surface area contributed by atoms with E-state index >= 15 is 0 Å². The van der Waals surface area contributed by atoms with Crippen LogP contribution in [-0.4, -0.2) is 27.2 Å². The summed E-state index contributed by atoms with van der Waals surface area (Å²) in [7, 11) is 4.59. The second-order valence-corrected chi connectivity index (χ2v) is 6.59. The lowest BCUT2D eigenvalue weighted by Gasteiger charge is -2.25. The molecule has 0 bridgehead atoms. The first-order chi connectivity index (χ1) is 14.1. The highest BCUT2D eigenvalue weighted by Gasteiger charge is 2.25. The molecule has 0 radical (unpaired) electrons. The van der Waals surface area contributed by atoms with Crippen molar-refractivity contribution in [2.45, 2.75) is 13.5 Å². The highest BCUT2D eigenvalue weighted by Crippen LogP contribution is 2.40. The van der Waals surface area contributed by atoms with Crippen LogP contribution in [0.4, 0.5) is 5.69 Å². The molecule has 0 unspecified atom stereocenters. The Morgan fingerprint density at radius 2 is 1.45 bits per heavy atom. The highest BCUT2D eigenvalue weighted by molar-refractivity contribution is 6.08. The summed E-state index contributed by atoms with van der Waals surface area (Å²) in [5, 5.41) is 0. The number of carbonyl (C=O) groups is 1. The van der Waals surface area contributed by atoms with Crippen molar-refractivity contribution in [2.24, 2.45) is 0 Å². The predicted octanol–water partition coefficient (Wildman–Crippen LogP) is 4.87. The minimum Gasteiger partial charge on any atom is -0.493 e. The number of anilines is 1. The van der Waals surface area contributed by atoms with E-state index < -0.39 is 0 Å². The Hall–Kier alpha value is -3.47. The molecule has 0 fully saturated rings. The van der Waals surface area contributed by atoms with Crippen LogP contribution in [0.3, 0.4) is 0 Å². The summed E-state index contributed by atoms with van der Waals surface area (Å²) < 4.78 is 16.3. The zero-order chi connectivity index (χ0) is 20.8. The minimum atomic E-state index is -0.185. The molecule has 3 aromatic carbocycles. The fourth-order valence-electron chi connectivity index (χ4n) is 3.19. The van der Waals surface area contributed by atoms with Gasteiger partial charge in [-0.25, -0.2) is 0 Å². The SMILES string of the molecule is COc1ccc(C(=O)N(Cc2ccccc2)c2ccc(C)cc2)c(OC)c1OC. The molecule has 29 heavy (non-hydrogen) atoms. The lowest BCUT2D eigenvalue weighted by molar-refractivity contribution is 0.0981. The quantitative estimate of drug-likeness (QED) is 0.577. The number of methoxy groups -OCH3 is 3. The van der Waals surface area contributed by atoms with Crippen molar-refractivity contribution in [2.75, 3.05) is 26.2 Å². The number of rotatable bonds is 7. The molecule has 5 heteroatoms. The molecular formula is C24H25NO4. The van der Waals surface area contributed by atoms with Gasteiger partial charge in [0, 0.05) is 5.69 Å². The molecule has 1 amide bonds. The van der Waals surface area contributed by atoms with E-state index in [4.69, 9.17) is 14.2 Å². The maximum atomic E-state index is 13.6. The van der Waals surface area contributed by atoms with Crippen molar-refractivity contribution in [1.82, 2.24) is 0 Å². The maximum Gasteiger partial charge on any atom is 0.262 e. The fraction of sp³-hybridized carbons (Fsp3) is 0.208. The normalized spacial score (nSPS) is 10.3. The van der Waals surface area contributed by atoms with Crippen molar-refractivity contribution < 1.29 is 19.0 Å². The lowest BCUT2D eigenvalue weighted by Crippen LogP contribution is -2.30. The molecule has 3 aromatic rings. The summed E-state index contributed by atoms with van der Waals surface area (Å²) in [5.74, 6) is 1.06. The molecule has 5 nitrogen and oxygen atoms in total. The summed E-state index contributed by atoms with van der Waals surface area (Å²) in [6, 6.07) is 21.2. The molecule has 0 heterocycles. The lowest BCUT2D eigenvalue weighted by atomic mass is 10.1. The molecule has 0 aliphatic carbocycles. The van der Waals surface area contributed by atoms with Crippen LogP contribution in [0.15, 0.2) is 66.7 Å². The van der Waals surface area contributed by atoms with Crippen LogP contribution in [0.25, 0.3) is 0 Å². The van der Waals surface area contributed by atoms with E-state index in [0.717, 1.165) is 16.8 Å². The van der Waals surface area contributed by atoms with Crippen LogP contribution in [0.1, 0.15) is 21.5 Å². The Bertz CT molecular complexity index is 968. The molecule has 0 aliphatic heterocycles. The Labute approximate surface area is 171 Å². The second-order valence-electron chi connectivity index (χ2n) is 6.59. The molecule has 0 saturated heterocycles. The fourth-order valence-corrected chi connectivity index (χ4v) is 3.19. The Balaban J connectivity index is 2.08. The third-order valence-electron chi connectivity index (χ3n) is 4.71. The molecule has 0 N–H and O–H groups in total. The van der Waals surface area contributed by atoms with E-state index in [9.17, 15) is 4.79 Å². The molecule has 150 valence electrons. The van der Waals surface area contributed by atoms with Gasteiger partial charge in [0.2, 0.25) is 5.75 Å². The number of benzene rings is 3. The van der Waals surface area contributed by atoms with Crippen LogP contribution >= 0.6 is 0 Å². The minimum absolute atomic E-state index is 0.185. The summed E-state index contributed by atoms with van der Waals surface area (Å²) in [5.41, 5.74) is 3.37. The molecule has 0 spiro atoms. The van der Waals surface area contributed by atoms with Gasteiger partial charge in [0.1, 0.15) is 0 Å². The molecular weight excluding hydrogens is 366 g/mol. The van der Waals surface area contributed by atoms with Crippen LogP contribution in [0, 0.1) is 6.92 Å². The monoisotopic (exact) mass is 391 g/mol. The third kappa shape index (κ3) is 4.35. The van der Waals surface area contributed by atoms with Crippen molar-refractivity contribution in [1.29, 1.82) is 0 Å². The summed E-state index contributed by atoms with van der Waals surface area (Å²) in [6.45, 7) is 2.45. The van der Waals surface area contributed by atoms with Gasteiger partial charge < -0.3 is 19.1 Å². The van der Waals surface area contributed by atoms with Gasteiger partial charge >= 0.3 is 0 Å². The summed E-state index contributed by atoms with van der Waals surface area (Å²) in [6.07, 6.45) is 0. The van der Waals surface area contributed by atoms with Crippen LogP contribution in [-0.2, 0) is 6.54 Å². The second kappa shape index (κ2) is 9.15. The van der Waals surface area contributed by atoms with Gasteiger partial charge in [-0.3, -0.25) is 4.79 Å². The van der Waals surface area contributed by atoms with E-state index in [-0.39, 0.29) is 5.91 Å². The standard InChI is InChI=1S/C24H25NO4/c1-17-10-12-19(13-11-17)25(16-18-8-6-5-7-9-18)24(26)20-14-15-21(27-2)23(29-4)22(20)28-3/h5-15H,16H2,1-4H3. The van der Waals surface area contributed by atoms with Crippen molar-refractivity contribution in [3.63, 3.8) is 0 Å². The van der Waals surface area contributed by atoms with Gasteiger partial charge in [0.25, 0.3) is 5.91 Å². The molecule has 0 saturated carbocycles. The number of aryl methyl sites for hydroxylation is 1. The Kier molecular flexibility index (Phi) is 6.39. The predicted molar refractivity (Wildman–Crippen MR) is 114 cm³/mol. The molecule has 0 aromatic heterocycles. The van der Waals surface area contributed by atoms with E-state index in [2.05, 4.69) is 0 Å². The van der Waals surface area contributed by atoms with Crippen molar-refractivity contribution in [3.05, 3.63) is 83.4 Å². The Morgan fingerprint density at radius 3 is 2.03 bits per heavy atom. The number of hydrogen-bond acceptors (Lipinski definition) is 4. The summed E-state index contributed by atoms with van der Waals surface area (Å²) >= 11 is 0. The number of hydrogen-bond donors (Lipinski definition) is 0. The van der Waals surface area contributed by atoms with E-state index in [0.29, 0.717) is 29.4 Å². The van der Waals surface area contributed by atoms with Gasteiger partial charge in [-0.05, 0) is 36.8 Å². The number of amides is 1. The first-order valence-corrected chi connectivity index (χ1v) is 9.30. The Morgan fingerprint density at radius 1 is 0.793 bits per heavy atom. The van der Waals surface area contributed by atoms with Crippen molar-refractivity contribution in [3.8, 4) is 17.2 Å². The number of nitrogens with zero attached hydrogens (tertiary/aromatic N) is 1. The first kappa shape index (κ1) is 20.3. The average molecular weight is 391 g/mol. The topological polar surface area (TPSA) is 48.0 Å². The average Bonchev–Trinajstić information content (AvgIpc) is 2.77. The number of carbonyl (C=O) groups excluding carboxylic acids is 1. The third-order valence-corrected chi connectivity index (χ3v) is 4.71. The van der Waals surface area contributed by atoms with Gasteiger partial charge in [0.05, 0.1) is 33.4 Å². The van der Waals surface area contributed by atoms with Crippen LogP contribution in [0.5, 0.6) is 17.2 Å². The maximum absolute atomic E-state index is 13.6. The van der Waals surface area contributed by atoms with Crippen molar-refractivity contribution >= 4 is 11.6 Å². The molecule has 0 aliphatic rings. The van der Waals surface area contributed by atoms with Gasteiger partial charge in [0.15, 0.2) is 11.5 Å². The smallest absolute Gasteiger partial charge is 0.262 e. The van der Waals surface area contributed by atoms with E-state index in [1.54, 1.807) is 24.1 Å². The van der Waals surface area contributed by atoms with Gasteiger partial charge in [-0.1, -0.05) is 48.0 Å². The zero-order valence-corrected chi connectivity index (χ0v) is 17.1. The number of ether oxygens (including phenoxy) is 3. The summed E-state index contributed by atoms with van der Waals surface area (Å²) in [4.78, 5) is 15.4. The largest absolute Gasteiger partial charge is 0.493 e. The first-order valence-electron chi connectivity index (χ1n) is 9.30. The van der Waals surface area contributed by atoms with Crippen LogP contribution in [0.2, 0.25) is 0 Å².